The quantitative estimate of drug-likeness (QED) is 0.191. The van der Waals surface area contributed by atoms with Crippen LogP contribution in [-0.4, -0.2) is 54.4 Å². The van der Waals surface area contributed by atoms with Crippen LogP contribution in [0.2, 0.25) is 0 Å². The zero-order valence-electron chi connectivity index (χ0n) is 24.3. The van der Waals surface area contributed by atoms with Crippen molar-refractivity contribution in [2.24, 2.45) is 0 Å². The number of carbonyl (C=O) groups is 2. The summed E-state index contributed by atoms with van der Waals surface area (Å²) in [6.07, 6.45) is 1.22. The van der Waals surface area contributed by atoms with E-state index in [1.54, 1.807) is 31.4 Å². The van der Waals surface area contributed by atoms with Gasteiger partial charge in [0.25, 0.3) is 11.7 Å². The molecule has 1 fully saturated rings. The highest BCUT2D eigenvalue weighted by Gasteiger charge is 2.26. The molecule has 0 unspecified atom stereocenters. The summed E-state index contributed by atoms with van der Waals surface area (Å²) in [5.41, 5.74) is 5.52. The predicted molar refractivity (Wildman–Crippen MR) is 167 cm³/mol. The summed E-state index contributed by atoms with van der Waals surface area (Å²) in [6.45, 7) is 7.25. The number of amides is 1. The van der Waals surface area contributed by atoms with Crippen LogP contribution >= 0.6 is 0 Å². The Labute approximate surface area is 249 Å². The standard InChI is InChI=1S/C34H32FN5O3/c1-22-17-23(2)36-31(18-22)39-15-13-38(14-16-39)29-12-10-26(19-30(29)43-3)37-34(42)33(41)32-28(24-7-5-4-6-8-24)20-27-11-9-25(35)21-40(27)32/h4-12,17-21H,13-16H2,1-3H3,(H,37,42). The lowest BCUT2D eigenvalue weighted by Gasteiger charge is -2.37. The van der Waals surface area contributed by atoms with Crippen molar-refractivity contribution in [1.82, 2.24) is 9.38 Å². The van der Waals surface area contributed by atoms with Crippen LogP contribution in [0.1, 0.15) is 21.7 Å². The highest BCUT2D eigenvalue weighted by Crippen LogP contribution is 2.33. The number of ether oxygens (including phenoxy) is 1. The van der Waals surface area contributed by atoms with Gasteiger partial charge < -0.3 is 24.3 Å². The molecular formula is C34H32FN5O3. The molecule has 1 amide bonds. The molecule has 43 heavy (non-hydrogen) atoms. The van der Waals surface area contributed by atoms with E-state index in [9.17, 15) is 14.0 Å². The minimum Gasteiger partial charge on any atom is -0.495 e. The first kappa shape index (κ1) is 28.0. The molecule has 9 heteroatoms. The molecule has 218 valence electrons. The largest absolute Gasteiger partial charge is 0.495 e. The molecule has 0 saturated carbocycles. The number of ketones is 1. The van der Waals surface area contributed by atoms with E-state index < -0.39 is 17.5 Å². The van der Waals surface area contributed by atoms with Crippen molar-refractivity contribution in [2.75, 3.05) is 48.4 Å². The maximum Gasteiger partial charge on any atom is 0.298 e. The molecular weight excluding hydrogens is 545 g/mol. The number of methoxy groups -OCH3 is 1. The maximum absolute atomic E-state index is 14.2. The van der Waals surface area contributed by atoms with E-state index in [1.165, 1.54) is 22.2 Å². The average Bonchev–Trinajstić information content (AvgIpc) is 3.39. The molecule has 8 nitrogen and oxygen atoms in total. The molecule has 6 rings (SSSR count). The van der Waals surface area contributed by atoms with Gasteiger partial charge in [-0.2, -0.15) is 0 Å². The van der Waals surface area contributed by atoms with Gasteiger partial charge in [-0.05, 0) is 67.4 Å². The number of nitrogens with one attached hydrogen (secondary N) is 1. The highest BCUT2D eigenvalue weighted by atomic mass is 19.1. The van der Waals surface area contributed by atoms with E-state index in [1.807, 2.05) is 43.3 Å². The first-order chi connectivity index (χ1) is 20.8. The number of hydrogen-bond acceptors (Lipinski definition) is 6. The van der Waals surface area contributed by atoms with Gasteiger partial charge in [0.1, 0.15) is 23.1 Å². The van der Waals surface area contributed by atoms with Crippen molar-refractivity contribution < 1.29 is 18.7 Å². The van der Waals surface area contributed by atoms with Crippen molar-refractivity contribution in [3.05, 3.63) is 108 Å². The molecule has 1 aliphatic rings. The van der Waals surface area contributed by atoms with E-state index >= 15 is 0 Å². The van der Waals surface area contributed by atoms with Gasteiger partial charge in [0.2, 0.25) is 0 Å². The molecule has 0 atom stereocenters. The van der Waals surface area contributed by atoms with Crippen molar-refractivity contribution in [3.63, 3.8) is 0 Å². The van der Waals surface area contributed by atoms with Gasteiger partial charge in [-0.25, -0.2) is 9.37 Å². The van der Waals surface area contributed by atoms with Crippen LogP contribution in [0, 0.1) is 19.7 Å². The van der Waals surface area contributed by atoms with Crippen LogP contribution in [-0.2, 0) is 4.79 Å². The predicted octanol–water partition coefficient (Wildman–Crippen LogP) is 5.91. The number of nitrogens with zero attached hydrogens (tertiary/aromatic N) is 4. The average molecular weight is 578 g/mol. The van der Waals surface area contributed by atoms with Gasteiger partial charge in [-0.3, -0.25) is 9.59 Å². The molecule has 3 aromatic heterocycles. The topological polar surface area (TPSA) is 79.2 Å². The molecule has 2 aromatic carbocycles. The first-order valence-corrected chi connectivity index (χ1v) is 14.2. The molecule has 4 heterocycles. The van der Waals surface area contributed by atoms with Crippen molar-refractivity contribution in [2.45, 2.75) is 13.8 Å². The third kappa shape index (κ3) is 5.66. The minimum absolute atomic E-state index is 0.0953. The summed E-state index contributed by atoms with van der Waals surface area (Å²) in [4.78, 5) is 36.1. The van der Waals surface area contributed by atoms with Crippen molar-refractivity contribution in [1.29, 1.82) is 0 Å². The number of anilines is 3. The summed E-state index contributed by atoms with van der Waals surface area (Å²) in [6, 6.07) is 23.5. The van der Waals surface area contributed by atoms with Crippen LogP contribution in [0.25, 0.3) is 16.6 Å². The van der Waals surface area contributed by atoms with Crippen molar-refractivity contribution in [3.8, 4) is 16.9 Å². The Morgan fingerprint density at radius 1 is 0.884 bits per heavy atom. The second kappa shape index (κ2) is 11.6. The Hall–Kier alpha value is -5.18. The van der Waals surface area contributed by atoms with Gasteiger partial charge in [0.15, 0.2) is 0 Å². The number of piperazine rings is 1. The number of benzene rings is 2. The van der Waals surface area contributed by atoms with Gasteiger partial charge in [-0.15, -0.1) is 0 Å². The monoisotopic (exact) mass is 577 g/mol. The fourth-order valence-corrected chi connectivity index (χ4v) is 5.68. The van der Waals surface area contributed by atoms with Gasteiger partial charge in [0, 0.05) is 60.9 Å². The number of aryl methyl sites for hydroxylation is 2. The lowest BCUT2D eigenvalue weighted by Crippen LogP contribution is -2.47. The molecule has 1 saturated heterocycles. The van der Waals surface area contributed by atoms with E-state index in [2.05, 4.69) is 34.2 Å². The van der Waals surface area contributed by atoms with Crippen LogP contribution in [0.15, 0.2) is 85.1 Å². The lowest BCUT2D eigenvalue weighted by molar-refractivity contribution is -0.112. The third-order valence-electron chi connectivity index (χ3n) is 7.70. The Morgan fingerprint density at radius 2 is 1.63 bits per heavy atom. The van der Waals surface area contributed by atoms with Gasteiger partial charge in [0.05, 0.1) is 12.8 Å². The summed E-state index contributed by atoms with van der Waals surface area (Å²) < 4.78 is 21.3. The minimum atomic E-state index is -0.828. The fourth-order valence-electron chi connectivity index (χ4n) is 5.68. The van der Waals surface area contributed by atoms with Gasteiger partial charge >= 0.3 is 0 Å². The Kier molecular flexibility index (Phi) is 7.54. The molecule has 5 aromatic rings. The summed E-state index contributed by atoms with van der Waals surface area (Å²) in [5.74, 6) is -0.540. The lowest BCUT2D eigenvalue weighted by atomic mass is 10.0. The van der Waals surface area contributed by atoms with Crippen LogP contribution in [0.3, 0.4) is 0 Å². The van der Waals surface area contributed by atoms with E-state index in [-0.39, 0.29) is 5.69 Å². The SMILES string of the molecule is COc1cc(NC(=O)C(=O)c2c(-c3ccccc3)cc3ccc(F)cn23)ccc1N1CCN(c2cc(C)cc(C)n2)CC1. The second-order valence-electron chi connectivity index (χ2n) is 10.7. The zero-order valence-corrected chi connectivity index (χ0v) is 24.3. The number of rotatable bonds is 7. The molecule has 1 N–H and O–H groups in total. The Balaban J connectivity index is 1.21. The molecule has 1 aliphatic heterocycles. The van der Waals surface area contributed by atoms with E-state index in [0.717, 1.165) is 48.9 Å². The van der Waals surface area contributed by atoms with Crippen molar-refractivity contribution >= 4 is 34.4 Å². The smallest absolute Gasteiger partial charge is 0.298 e. The number of fused-ring (bicyclic) bond motifs is 1. The second-order valence-corrected chi connectivity index (χ2v) is 10.7. The van der Waals surface area contributed by atoms with Gasteiger partial charge in [-0.1, -0.05) is 30.3 Å². The van der Waals surface area contributed by atoms with E-state index in [0.29, 0.717) is 22.5 Å². The fraction of sp³-hybridized carbons (Fsp3) is 0.206. The normalized spacial score (nSPS) is 13.3. The van der Waals surface area contributed by atoms with E-state index in [4.69, 9.17) is 9.72 Å². The first-order valence-electron chi connectivity index (χ1n) is 14.2. The molecule has 0 bridgehead atoms. The Morgan fingerprint density at radius 3 is 2.35 bits per heavy atom. The summed E-state index contributed by atoms with van der Waals surface area (Å²) >= 11 is 0. The number of Topliss-reactive ketones (excluding diaryl/α,β-unsaturated/α-hetero) is 1. The number of halogens is 1. The number of hydrogen-bond donors (Lipinski definition) is 1. The van der Waals surface area contributed by atoms with Crippen LogP contribution in [0.5, 0.6) is 5.75 Å². The zero-order chi connectivity index (χ0) is 30.1. The number of aromatic nitrogens is 2. The molecule has 0 spiro atoms. The third-order valence-corrected chi connectivity index (χ3v) is 7.70. The summed E-state index contributed by atoms with van der Waals surface area (Å²) in [5, 5.41) is 2.72. The number of carbonyl (C=O) groups excluding carboxylic acids is 2. The molecule has 0 aliphatic carbocycles. The van der Waals surface area contributed by atoms with Crippen LogP contribution < -0.4 is 19.9 Å². The number of pyridine rings is 2. The Bertz CT molecular complexity index is 1810. The maximum atomic E-state index is 14.2. The summed E-state index contributed by atoms with van der Waals surface area (Å²) in [7, 11) is 1.58. The van der Waals surface area contributed by atoms with Crippen LogP contribution in [0.4, 0.5) is 21.6 Å². The highest BCUT2D eigenvalue weighted by molar-refractivity contribution is 6.47. The molecule has 0 radical (unpaired) electrons.